The first-order valence-electron chi connectivity index (χ1n) is 9.02. The lowest BCUT2D eigenvalue weighted by atomic mass is 10.0. The van der Waals surface area contributed by atoms with Gasteiger partial charge in [0.2, 0.25) is 5.95 Å². The van der Waals surface area contributed by atoms with Crippen LogP contribution in [-0.2, 0) is 0 Å². The Morgan fingerprint density at radius 1 is 0.968 bits per heavy atom. The Labute approximate surface area is 172 Å². The first kappa shape index (κ1) is 18.7. The number of aromatic amines is 1. The monoisotopic (exact) mass is 423 g/mol. The van der Waals surface area contributed by atoms with Gasteiger partial charge in [0, 0.05) is 18.0 Å². The van der Waals surface area contributed by atoms with Crippen LogP contribution in [-0.4, -0.2) is 30.1 Å². The molecule has 5 aromatic rings. The summed E-state index contributed by atoms with van der Waals surface area (Å²) in [6, 6.07) is 10.6. The quantitative estimate of drug-likeness (QED) is 0.415. The van der Waals surface area contributed by atoms with E-state index >= 15 is 4.39 Å². The molecule has 3 aromatic heterocycles. The molecule has 0 radical (unpaired) electrons. The Kier molecular flexibility index (Phi) is 4.54. The number of hydrogen-bond acceptors (Lipinski definition) is 7. The highest BCUT2D eigenvalue weighted by Gasteiger charge is 2.19. The van der Waals surface area contributed by atoms with Gasteiger partial charge in [-0.25, -0.2) is 19.3 Å². The molecule has 0 atom stereocenters. The molecule has 0 saturated carbocycles. The summed E-state index contributed by atoms with van der Waals surface area (Å²) in [7, 11) is 0. The van der Waals surface area contributed by atoms with Gasteiger partial charge in [-0.2, -0.15) is 8.78 Å². The third-order valence-electron chi connectivity index (χ3n) is 4.49. The van der Waals surface area contributed by atoms with Crippen molar-refractivity contribution < 1.29 is 17.6 Å². The van der Waals surface area contributed by atoms with Crippen molar-refractivity contribution >= 4 is 22.7 Å². The number of halogens is 3. The first-order chi connectivity index (χ1) is 15.1. The van der Waals surface area contributed by atoms with Crippen molar-refractivity contribution in [3.8, 4) is 22.6 Å². The summed E-state index contributed by atoms with van der Waals surface area (Å²) in [5, 5.41) is 9.63. The summed E-state index contributed by atoms with van der Waals surface area (Å²) in [5.74, 6) is -1.36. The van der Waals surface area contributed by atoms with Crippen LogP contribution in [0.1, 0.15) is 12.3 Å². The minimum atomic E-state index is -2.87. The highest BCUT2D eigenvalue weighted by molar-refractivity contribution is 5.95. The second-order valence-electron chi connectivity index (χ2n) is 6.44. The first-order valence-corrected chi connectivity index (χ1v) is 9.02. The molecule has 0 amide bonds. The van der Waals surface area contributed by atoms with Crippen LogP contribution in [0.15, 0.2) is 59.5 Å². The molecule has 0 aliphatic rings. The molecule has 3 heterocycles. The largest absolute Gasteiger partial charge is 0.415 e. The van der Waals surface area contributed by atoms with E-state index in [1.807, 2.05) is 18.2 Å². The summed E-state index contributed by atoms with van der Waals surface area (Å²) < 4.78 is 45.5. The van der Waals surface area contributed by atoms with Crippen LogP contribution < -0.4 is 5.32 Å². The summed E-state index contributed by atoms with van der Waals surface area (Å²) in [4.78, 5) is 15.4. The van der Waals surface area contributed by atoms with E-state index in [4.69, 9.17) is 4.42 Å². The van der Waals surface area contributed by atoms with E-state index in [2.05, 4.69) is 35.5 Å². The van der Waals surface area contributed by atoms with Crippen LogP contribution in [0.5, 0.6) is 0 Å². The molecule has 0 aliphatic carbocycles. The molecule has 11 heteroatoms. The van der Waals surface area contributed by atoms with Crippen molar-refractivity contribution in [1.82, 2.24) is 30.1 Å². The number of nitrogens with one attached hydrogen (secondary N) is 2. The number of rotatable bonds is 5. The maximum Gasteiger partial charge on any atom is 0.314 e. The van der Waals surface area contributed by atoms with Gasteiger partial charge in [0.15, 0.2) is 5.82 Å². The van der Waals surface area contributed by atoms with Crippen molar-refractivity contribution in [3.63, 3.8) is 0 Å². The zero-order valence-corrected chi connectivity index (χ0v) is 15.6. The fourth-order valence-corrected chi connectivity index (χ4v) is 3.08. The number of anilines is 2. The van der Waals surface area contributed by atoms with E-state index in [0.29, 0.717) is 22.2 Å². The zero-order valence-electron chi connectivity index (χ0n) is 15.6. The standard InChI is InChI=1S/C20H12F3N7O/c21-15-12(6-13-16(27-9-26-13)14(15)10-4-2-1-3-5-10)28-20-24-7-11(8-25-20)18-29-30-19(31-18)17(22)23/h1-9,17H,(H,26,27)(H,24,25,28). The predicted molar refractivity (Wildman–Crippen MR) is 105 cm³/mol. The molecule has 154 valence electrons. The maximum atomic E-state index is 15.4. The lowest BCUT2D eigenvalue weighted by Gasteiger charge is -2.11. The Hall–Kier alpha value is -4.28. The molecular formula is C20H12F3N7O. The molecule has 0 aliphatic heterocycles. The van der Waals surface area contributed by atoms with Gasteiger partial charge in [-0.3, -0.25) is 0 Å². The van der Waals surface area contributed by atoms with Crippen molar-refractivity contribution in [2.24, 2.45) is 0 Å². The number of imidazole rings is 1. The minimum Gasteiger partial charge on any atom is -0.415 e. The molecule has 0 saturated heterocycles. The number of nitrogens with zero attached hydrogens (tertiary/aromatic N) is 5. The van der Waals surface area contributed by atoms with Crippen molar-refractivity contribution in [2.75, 3.05) is 5.32 Å². The van der Waals surface area contributed by atoms with Gasteiger partial charge < -0.3 is 14.7 Å². The topological polar surface area (TPSA) is 105 Å². The number of aromatic nitrogens is 6. The normalized spacial score (nSPS) is 11.4. The van der Waals surface area contributed by atoms with E-state index in [1.165, 1.54) is 18.7 Å². The van der Waals surface area contributed by atoms with E-state index in [0.717, 1.165) is 0 Å². The van der Waals surface area contributed by atoms with Gasteiger partial charge in [-0.05, 0) is 11.6 Å². The highest BCUT2D eigenvalue weighted by atomic mass is 19.3. The zero-order chi connectivity index (χ0) is 21.4. The molecule has 0 bridgehead atoms. The second kappa shape index (κ2) is 7.52. The maximum absolute atomic E-state index is 15.4. The van der Waals surface area contributed by atoms with E-state index in [1.54, 1.807) is 18.2 Å². The van der Waals surface area contributed by atoms with E-state index in [-0.39, 0.29) is 23.1 Å². The van der Waals surface area contributed by atoms with Gasteiger partial charge in [0.05, 0.1) is 28.6 Å². The van der Waals surface area contributed by atoms with Crippen molar-refractivity contribution in [1.29, 1.82) is 0 Å². The average Bonchev–Trinajstić information content (AvgIpc) is 3.45. The SMILES string of the molecule is Fc1c(Nc2ncc(-c3nnc(C(F)F)o3)cn2)cc2[nH]cnc2c1-c1ccccc1. The van der Waals surface area contributed by atoms with Gasteiger partial charge in [0.25, 0.3) is 11.8 Å². The molecule has 2 aromatic carbocycles. The van der Waals surface area contributed by atoms with Crippen molar-refractivity contribution in [3.05, 3.63) is 66.8 Å². The van der Waals surface area contributed by atoms with E-state index < -0.39 is 18.1 Å². The van der Waals surface area contributed by atoms with Gasteiger partial charge >= 0.3 is 6.43 Å². The van der Waals surface area contributed by atoms with Crippen LogP contribution in [0.25, 0.3) is 33.6 Å². The minimum absolute atomic E-state index is 0.0918. The average molecular weight is 423 g/mol. The molecule has 0 spiro atoms. The number of H-pyrrole nitrogens is 1. The second-order valence-corrected chi connectivity index (χ2v) is 6.44. The van der Waals surface area contributed by atoms with Crippen LogP contribution in [0.4, 0.5) is 24.8 Å². The van der Waals surface area contributed by atoms with Gasteiger partial charge in [-0.1, -0.05) is 30.3 Å². The third kappa shape index (κ3) is 3.45. The van der Waals surface area contributed by atoms with Gasteiger partial charge in [-0.15, -0.1) is 10.2 Å². The van der Waals surface area contributed by atoms with E-state index in [9.17, 15) is 8.78 Å². The number of benzene rings is 2. The lowest BCUT2D eigenvalue weighted by molar-refractivity contribution is 0.116. The number of hydrogen-bond donors (Lipinski definition) is 2. The molecule has 8 nitrogen and oxygen atoms in total. The molecule has 31 heavy (non-hydrogen) atoms. The summed E-state index contributed by atoms with van der Waals surface area (Å²) in [6.07, 6.45) is 1.23. The fourth-order valence-electron chi connectivity index (χ4n) is 3.08. The molecule has 0 fully saturated rings. The molecular weight excluding hydrogens is 411 g/mol. The van der Waals surface area contributed by atoms with Crippen LogP contribution in [0.2, 0.25) is 0 Å². The number of fused-ring (bicyclic) bond motifs is 1. The number of alkyl halides is 2. The van der Waals surface area contributed by atoms with Crippen LogP contribution >= 0.6 is 0 Å². The molecule has 2 N–H and O–H groups in total. The molecule has 5 rings (SSSR count). The summed E-state index contributed by atoms with van der Waals surface area (Å²) >= 11 is 0. The van der Waals surface area contributed by atoms with Crippen molar-refractivity contribution in [2.45, 2.75) is 6.43 Å². The predicted octanol–water partition coefficient (Wildman–Crippen LogP) is 4.89. The van der Waals surface area contributed by atoms with Crippen LogP contribution in [0.3, 0.4) is 0 Å². The highest BCUT2D eigenvalue weighted by Crippen LogP contribution is 2.35. The third-order valence-corrected chi connectivity index (χ3v) is 4.49. The van der Waals surface area contributed by atoms with Crippen LogP contribution in [0, 0.1) is 5.82 Å². The Morgan fingerprint density at radius 3 is 2.45 bits per heavy atom. The summed E-state index contributed by atoms with van der Waals surface area (Å²) in [5.41, 5.74) is 2.52. The summed E-state index contributed by atoms with van der Waals surface area (Å²) in [6.45, 7) is 0. The molecule has 0 unspecified atom stereocenters. The Balaban J connectivity index is 1.49. The Morgan fingerprint density at radius 2 is 1.74 bits per heavy atom. The smallest absolute Gasteiger partial charge is 0.314 e. The lowest BCUT2D eigenvalue weighted by Crippen LogP contribution is -2.01. The van der Waals surface area contributed by atoms with Gasteiger partial charge in [0.1, 0.15) is 0 Å². The fraction of sp³-hybridized carbons (Fsp3) is 0.0500. The Bertz CT molecular complexity index is 1350.